The minimum absolute atomic E-state index is 0.148. The van der Waals surface area contributed by atoms with E-state index in [9.17, 15) is 19.5 Å². The Morgan fingerprint density at radius 3 is 1.85 bits per heavy atom. The molecule has 1 heterocycles. The normalized spacial score (nSPS) is 14.5. The lowest BCUT2D eigenvalue weighted by Crippen LogP contribution is -2.18. The number of rotatable bonds is 2. The Morgan fingerprint density at radius 1 is 1.31 bits per heavy atom. The van der Waals surface area contributed by atoms with Gasteiger partial charge in [-0.25, -0.2) is 9.90 Å². The Hall–Kier alpha value is -1.39. The molecule has 0 aromatic rings. The lowest BCUT2D eigenvalue weighted by molar-refractivity contribution is -0.143. The van der Waals surface area contributed by atoms with Crippen molar-refractivity contribution in [1.82, 2.24) is 5.32 Å². The Balaban J connectivity index is 0.000000226. The molecule has 5 heteroatoms. The quantitative estimate of drug-likeness (QED) is 0.624. The molecule has 1 aliphatic heterocycles. The van der Waals surface area contributed by atoms with Crippen molar-refractivity contribution in [2.24, 2.45) is 0 Å². The van der Waals surface area contributed by atoms with Gasteiger partial charge in [-0.15, -0.1) is 0 Å². The molecule has 1 N–H and O–H groups in total. The van der Waals surface area contributed by atoms with Gasteiger partial charge in [0, 0.05) is 19.3 Å². The van der Waals surface area contributed by atoms with Gasteiger partial charge in [-0.3, -0.25) is 14.9 Å². The summed E-state index contributed by atoms with van der Waals surface area (Å²) in [6.07, 6.45) is 1.60. The highest BCUT2D eigenvalue weighted by molar-refractivity contribution is 6.01. The smallest absolute Gasteiger partial charge is 0.296 e. The second kappa shape index (κ2) is 6.16. The third-order valence-electron chi connectivity index (χ3n) is 1.31. The number of nitrogens with one attached hydrogen (secondary N) is 1. The molecule has 1 saturated heterocycles. The third kappa shape index (κ3) is 6.99. The second-order valence-corrected chi connectivity index (χ2v) is 2.59. The first-order chi connectivity index (χ1) is 6.06. The predicted octanol–water partition coefficient (Wildman–Crippen LogP) is 0.167. The van der Waals surface area contributed by atoms with Crippen molar-refractivity contribution in [3.05, 3.63) is 0 Å². The molecule has 73 valence electrons. The number of carbonyl (C=O) groups excluding carboxylic acids is 3. The topological polar surface area (TPSA) is 83.1 Å². The van der Waals surface area contributed by atoms with Crippen LogP contribution in [0.5, 0.6) is 0 Å². The fourth-order valence-corrected chi connectivity index (χ4v) is 0.712. The van der Waals surface area contributed by atoms with Gasteiger partial charge in [0.1, 0.15) is 0 Å². The van der Waals surface area contributed by atoms with E-state index in [1.54, 1.807) is 6.92 Å². The van der Waals surface area contributed by atoms with E-state index in [0.29, 0.717) is 19.3 Å². The zero-order valence-corrected chi connectivity index (χ0v) is 7.46. The van der Waals surface area contributed by atoms with Crippen molar-refractivity contribution in [2.75, 3.05) is 0 Å². The highest BCUT2D eigenvalue weighted by atomic mass is 16.4. The van der Waals surface area contributed by atoms with E-state index in [4.69, 9.17) is 0 Å². The van der Waals surface area contributed by atoms with Crippen molar-refractivity contribution in [1.29, 1.82) is 0 Å². The average Bonchev–Trinajstić information content (AvgIpc) is 2.35. The van der Waals surface area contributed by atoms with Gasteiger partial charge >= 0.3 is 5.97 Å². The predicted molar refractivity (Wildman–Crippen MR) is 43.0 cm³/mol. The van der Waals surface area contributed by atoms with E-state index in [2.05, 4.69) is 5.32 Å². The highest BCUT2D eigenvalue weighted by Crippen LogP contribution is 1.95. The molecule has 1 fully saturated rings. The van der Waals surface area contributed by atoms with Crippen LogP contribution in [0.1, 0.15) is 32.6 Å². The number of imide groups is 1. The maximum Gasteiger partial charge on any atom is 0.355 e. The van der Waals surface area contributed by atoms with E-state index in [1.807, 2.05) is 0 Å². The standard InChI is InChI=1S/C4H5NO2.C4H7O2/c6-3-1-2-4(7)5-3;1-2-3-4(5)6/h1-2H2,(H,5,6,7);2-3H2,1H3. The third-order valence-corrected chi connectivity index (χ3v) is 1.31. The summed E-state index contributed by atoms with van der Waals surface area (Å²) in [5.41, 5.74) is 0. The molecule has 0 aromatic carbocycles. The van der Waals surface area contributed by atoms with Crippen molar-refractivity contribution in [2.45, 2.75) is 32.6 Å². The summed E-state index contributed by atoms with van der Waals surface area (Å²) in [6, 6.07) is 0. The van der Waals surface area contributed by atoms with Crippen LogP contribution in [0, 0.1) is 0 Å². The summed E-state index contributed by atoms with van der Waals surface area (Å²) >= 11 is 0. The molecule has 0 spiro atoms. The Kier molecular flexibility index (Phi) is 5.50. The number of hydrogen-bond acceptors (Lipinski definition) is 3. The average molecular weight is 186 g/mol. The largest absolute Gasteiger partial charge is 0.355 e. The fraction of sp³-hybridized carbons (Fsp3) is 0.625. The number of carbonyl (C=O) groups is 3. The SMILES string of the molecule is CCCC([O])=O.O=C1CCC(=O)N1. The van der Waals surface area contributed by atoms with E-state index in [1.165, 1.54) is 0 Å². The molecule has 5 nitrogen and oxygen atoms in total. The number of amides is 2. The first-order valence-electron chi connectivity index (χ1n) is 4.08. The van der Waals surface area contributed by atoms with Gasteiger partial charge in [0.2, 0.25) is 11.8 Å². The van der Waals surface area contributed by atoms with Gasteiger partial charge in [0.05, 0.1) is 0 Å². The van der Waals surface area contributed by atoms with Crippen molar-refractivity contribution in [3.8, 4) is 0 Å². The molecule has 0 bridgehead atoms. The van der Waals surface area contributed by atoms with Gasteiger partial charge in [-0.1, -0.05) is 6.92 Å². The van der Waals surface area contributed by atoms with Gasteiger partial charge < -0.3 is 0 Å². The van der Waals surface area contributed by atoms with Crippen LogP contribution in [0.25, 0.3) is 0 Å². The van der Waals surface area contributed by atoms with Crippen LogP contribution in [0.3, 0.4) is 0 Å². The molecule has 13 heavy (non-hydrogen) atoms. The Bertz CT molecular complexity index is 198. The zero-order chi connectivity index (χ0) is 10.3. The molecule has 2 amide bonds. The summed E-state index contributed by atoms with van der Waals surface area (Å²) < 4.78 is 0. The van der Waals surface area contributed by atoms with Crippen LogP contribution in [0.4, 0.5) is 0 Å². The van der Waals surface area contributed by atoms with E-state index < -0.39 is 5.97 Å². The maximum absolute atomic E-state index is 10.1. The van der Waals surface area contributed by atoms with E-state index in [0.717, 1.165) is 0 Å². The Morgan fingerprint density at radius 2 is 1.77 bits per heavy atom. The molecule has 1 aliphatic rings. The van der Waals surface area contributed by atoms with Crippen molar-refractivity contribution < 1.29 is 19.5 Å². The van der Waals surface area contributed by atoms with Gasteiger partial charge in [-0.05, 0) is 6.42 Å². The Labute approximate surface area is 76.1 Å². The fourth-order valence-electron chi connectivity index (χ4n) is 0.712. The van der Waals surface area contributed by atoms with E-state index >= 15 is 0 Å². The molecule has 1 radical (unpaired) electrons. The minimum atomic E-state index is -0.961. The molecule has 0 aliphatic carbocycles. The molecule has 0 saturated carbocycles. The lowest BCUT2D eigenvalue weighted by Gasteiger charge is -1.79. The van der Waals surface area contributed by atoms with Crippen LogP contribution >= 0.6 is 0 Å². The van der Waals surface area contributed by atoms with Gasteiger partial charge in [0.25, 0.3) is 0 Å². The summed E-state index contributed by atoms with van der Waals surface area (Å²) in [4.78, 5) is 29.7. The molecular formula is C8H12NO4. The summed E-state index contributed by atoms with van der Waals surface area (Å²) in [7, 11) is 0. The summed E-state index contributed by atoms with van der Waals surface area (Å²) in [5, 5.41) is 11.6. The first kappa shape index (κ1) is 11.6. The van der Waals surface area contributed by atoms with Crippen LogP contribution in [0.2, 0.25) is 0 Å². The highest BCUT2D eigenvalue weighted by Gasteiger charge is 2.15. The molecule has 0 unspecified atom stereocenters. The van der Waals surface area contributed by atoms with Gasteiger partial charge in [0.15, 0.2) is 0 Å². The minimum Gasteiger partial charge on any atom is -0.296 e. The first-order valence-corrected chi connectivity index (χ1v) is 4.08. The molecule has 0 aromatic heterocycles. The molecular weight excluding hydrogens is 174 g/mol. The van der Waals surface area contributed by atoms with Crippen LogP contribution in [0.15, 0.2) is 0 Å². The van der Waals surface area contributed by atoms with Crippen molar-refractivity contribution >= 4 is 17.8 Å². The van der Waals surface area contributed by atoms with Crippen LogP contribution in [-0.2, 0) is 19.5 Å². The van der Waals surface area contributed by atoms with Crippen LogP contribution in [-0.4, -0.2) is 17.8 Å². The maximum atomic E-state index is 10.1. The van der Waals surface area contributed by atoms with Gasteiger partial charge in [-0.2, -0.15) is 0 Å². The number of hydrogen-bond donors (Lipinski definition) is 1. The lowest BCUT2D eigenvalue weighted by atomic mass is 10.4. The molecule has 1 rings (SSSR count). The van der Waals surface area contributed by atoms with Crippen LogP contribution < -0.4 is 5.32 Å². The second-order valence-electron chi connectivity index (χ2n) is 2.59. The summed E-state index contributed by atoms with van der Waals surface area (Å²) in [5.74, 6) is -1.26. The molecule has 0 atom stereocenters. The van der Waals surface area contributed by atoms with Crippen molar-refractivity contribution in [3.63, 3.8) is 0 Å². The summed E-state index contributed by atoms with van der Waals surface area (Å²) in [6.45, 7) is 1.80. The monoisotopic (exact) mass is 186 g/mol. The van der Waals surface area contributed by atoms with E-state index in [-0.39, 0.29) is 18.2 Å². The zero-order valence-electron chi connectivity index (χ0n) is 7.46.